The molecular formula is C18H32O15. The summed E-state index contributed by atoms with van der Waals surface area (Å²) in [7, 11) is 0. The molecule has 15 nitrogen and oxygen atoms in total. The minimum Gasteiger partial charge on any atom is -0.394 e. The largest absolute Gasteiger partial charge is 0.394 e. The Labute approximate surface area is 187 Å². The first-order valence-electron chi connectivity index (χ1n) is 10.4. The maximum absolute atomic E-state index is 10.7. The highest BCUT2D eigenvalue weighted by molar-refractivity contribution is 4.95. The highest BCUT2D eigenvalue weighted by atomic mass is 16.7. The maximum atomic E-state index is 10.7. The summed E-state index contributed by atoms with van der Waals surface area (Å²) >= 11 is 0. The van der Waals surface area contributed by atoms with Crippen molar-refractivity contribution in [3.63, 3.8) is 0 Å². The number of hydrogen-bond donors (Lipinski definition) is 10. The summed E-state index contributed by atoms with van der Waals surface area (Å²) in [4.78, 5) is 0. The van der Waals surface area contributed by atoms with Gasteiger partial charge in [0.15, 0.2) is 18.9 Å². The van der Waals surface area contributed by atoms with Crippen LogP contribution in [0.25, 0.3) is 0 Å². The molecule has 1 unspecified atom stereocenters. The van der Waals surface area contributed by atoms with Crippen LogP contribution in [0.15, 0.2) is 0 Å². The quantitative estimate of drug-likeness (QED) is 0.167. The summed E-state index contributed by atoms with van der Waals surface area (Å²) in [5.41, 5.74) is 0. The standard InChI is InChI=1S/C18H32O15/c1-4-14(10(24)11(25)16(28)29-4)32-18-13(27)15(8(22)6(3-20)31-18)33-17-12(26)9(23)7(21)5(2-19)30-17/h4-28H,2-3H2,1H3/t4-,5-,6-,7-,8-,9+,10-,11+,12+,13-,14-,15+,16?,17+,18-/m1/s1. The van der Waals surface area contributed by atoms with Crippen molar-refractivity contribution >= 4 is 0 Å². The van der Waals surface area contributed by atoms with Crippen LogP contribution in [-0.2, 0) is 23.7 Å². The van der Waals surface area contributed by atoms with E-state index in [4.69, 9.17) is 23.7 Å². The van der Waals surface area contributed by atoms with Gasteiger partial charge in [0.1, 0.15) is 67.1 Å². The number of ether oxygens (including phenoxy) is 5. The molecular weight excluding hydrogens is 456 g/mol. The van der Waals surface area contributed by atoms with Crippen molar-refractivity contribution < 1.29 is 74.7 Å². The van der Waals surface area contributed by atoms with Gasteiger partial charge in [0.05, 0.1) is 19.3 Å². The van der Waals surface area contributed by atoms with Gasteiger partial charge in [-0.05, 0) is 6.92 Å². The van der Waals surface area contributed by atoms with E-state index in [-0.39, 0.29) is 0 Å². The number of hydrogen-bond acceptors (Lipinski definition) is 15. The monoisotopic (exact) mass is 488 g/mol. The third-order valence-electron chi connectivity index (χ3n) is 6.05. The summed E-state index contributed by atoms with van der Waals surface area (Å²) in [5.74, 6) is 0. The highest BCUT2D eigenvalue weighted by Gasteiger charge is 2.53. The van der Waals surface area contributed by atoms with Crippen molar-refractivity contribution in [2.75, 3.05) is 13.2 Å². The lowest BCUT2D eigenvalue weighted by Gasteiger charge is -2.47. The van der Waals surface area contributed by atoms with Gasteiger partial charge in [-0.1, -0.05) is 0 Å². The fourth-order valence-corrected chi connectivity index (χ4v) is 4.03. The second-order valence-electron chi connectivity index (χ2n) is 8.32. The highest BCUT2D eigenvalue weighted by Crippen LogP contribution is 2.32. The van der Waals surface area contributed by atoms with Crippen LogP contribution in [0.5, 0.6) is 0 Å². The predicted octanol–water partition coefficient (Wildman–Crippen LogP) is -6.55. The molecule has 0 amide bonds. The summed E-state index contributed by atoms with van der Waals surface area (Å²) < 4.78 is 26.6. The van der Waals surface area contributed by atoms with Crippen molar-refractivity contribution in [3.8, 4) is 0 Å². The molecule has 15 heteroatoms. The van der Waals surface area contributed by atoms with E-state index in [2.05, 4.69) is 0 Å². The molecule has 0 spiro atoms. The average Bonchev–Trinajstić information content (AvgIpc) is 2.79. The van der Waals surface area contributed by atoms with Gasteiger partial charge < -0.3 is 74.7 Å². The van der Waals surface area contributed by atoms with Crippen molar-refractivity contribution in [2.24, 2.45) is 0 Å². The third kappa shape index (κ3) is 5.32. The van der Waals surface area contributed by atoms with Crippen LogP contribution in [0, 0.1) is 0 Å². The summed E-state index contributed by atoms with van der Waals surface area (Å²) in [6.45, 7) is -0.0816. The molecule has 3 rings (SSSR count). The lowest BCUT2D eigenvalue weighted by atomic mass is 9.96. The zero-order valence-corrected chi connectivity index (χ0v) is 17.6. The summed E-state index contributed by atoms with van der Waals surface area (Å²) in [6, 6.07) is 0. The van der Waals surface area contributed by atoms with Gasteiger partial charge in [0.25, 0.3) is 0 Å². The van der Waals surface area contributed by atoms with Crippen LogP contribution in [0.3, 0.4) is 0 Å². The van der Waals surface area contributed by atoms with Crippen LogP contribution in [0.2, 0.25) is 0 Å². The average molecular weight is 488 g/mol. The smallest absolute Gasteiger partial charge is 0.187 e. The van der Waals surface area contributed by atoms with Gasteiger partial charge in [-0.25, -0.2) is 0 Å². The molecule has 0 aromatic rings. The van der Waals surface area contributed by atoms with Crippen LogP contribution in [-0.4, -0.2) is 156 Å². The second kappa shape index (κ2) is 11.0. The Balaban J connectivity index is 1.76. The van der Waals surface area contributed by atoms with Crippen molar-refractivity contribution in [2.45, 2.75) is 99.0 Å². The third-order valence-corrected chi connectivity index (χ3v) is 6.05. The molecule has 15 atom stereocenters. The SMILES string of the molecule is C[C@H]1OC(O)[C@@H](O)[C@@H](O)[C@@H]1O[C@H]1O[C@H](CO)[C@@H](O)[C@H](O[C@@H]2O[C@H](CO)[C@@H](O)[C@H](O)[C@@H]2O)[C@H]1O. The van der Waals surface area contributed by atoms with Crippen molar-refractivity contribution in [1.29, 1.82) is 0 Å². The van der Waals surface area contributed by atoms with Gasteiger partial charge >= 0.3 is 0 Å². The first-order chi connectivity index (χ1) is 15.5. The lowest BCUT2D eigenvalue weighted by Crippen LogP contribution is -2.66. The number of aliphatic hydroxyl groups is 10. The molecule has 0 aromatic heterocycles. The van der Waals surface area contributed by atoms with Crippen LogP contribution in [0.4, 0.5) is 0 Å². The van der Waals surface area contributed by atoms with E-state index in [0.717, 1.165) is 0 Å². The Morgan fingerprint density at radius 3 is 1.64 bits per heavy atom. The molecule has 10 N–H and O–H groups in total. The zero-order valence-electron chi connectivity index (χ0n) is 17.6. The van der Waals surface area contributed by atoms with Gasteiger partial charge in [-0.2, -0.15) is 0 Å². The topological polar surface area (TPSA) is 248 Å². The minimum atomic E-state index is -1.83. The lowest BCUT2D eigenvalue weighted by molar-refractivity contribution is -0.377. The van der Waals surface area contributed by atoms with Gasteiger partial charge in [0, 0.05) is 0 Å². The summed E-state index contributed by atoms with van der Waals surface area (Å²) in [6.07, 6.45) is -23.8. The van der Waals surface area contributed by atoms with E-state index in [1.165, 1.54) is 6.92 Å². The molecule has 3 saturated heterocycles. The molecule has 0 saturated carbocycles. The van der Waals surface area contributed by atoms with E-state index in [1.807, 2.05) is 0 Å². The van der Waals surface area contributed by atoms with E-state index in [0.29, 0.717) is 0 Å². The molecule has 3 aliphatic heterocycles. The van der Waals surface area contributed by atoms with Gasteiger partial charge in [-0.15, -0.1) is 0 Å². The molecule has 0 bridgehead atoms. The normalized spacial score (nSPS) is 53.7. The van der Waals surface area contributed by atoms with Crippen LogP contribution in [0.1, 0.15) is 6.92 Å². The van der Waals surface area contributed by atoms with Gasteiger partial charge in [-0.3, -0.25) is 0 Å². The molecule has 0 aromatic carbocycles. The van der Waals surface area contributed by atoms with E-state index < -0.39 is 105 Å². The van der Waals surface area contributed by atoms with Crippen molar-refractivity contribution in [3.05, 3.63) is 0 Å². The van der Waals surface area contributed by atoms with Gasteiger partial charge in [0.2, 0.25) is 0 Å². The molecule has 33 heavy (non-hydrogen) atoms. The summed E-state index contributed by atoms with van der Waals surface area (Å²) in [5, 5.41) is 99.8. The Morgan fingerprint density at radius 2 is 1.06 bits per heavy atom. The Hall–Kier alpha value is -0.600. The molecule has 0 radical (unpaired) electrons. The number of aliphatic hydroxyl groups excluding tert-OH is 10. The van der Waals surface area contributed by atoms with Crippen LogP contribution < -0.4 is 0 Å². The van der Waals surface area contributed by atoms with E-state index in [9.17, 15) is 51.1 Å². The second-order valence-corrected chi connectivity index (χ2v) is 8.32. The Bertz CT molecular complexity index is 624. The first-order valence-corrected chi connectivity index (χ1v) is 10.4. The molecule has 194 valence electrons. The molecule has 3 heterocycles. The zero-order chi connectivity index (χ0) is 24.6. The maximum Gasteiger partial charge on any atom is 0.187 e. The fraction of sp³-hybridized carbons (Fsp3) is 1.00. The molecule has 3 aliphatic rings. The molecule has 3 fully saturated rings. The van der Waals surface area contributed by atoms with E-state index >= 15 is 0 Å². The molecule has 0 aliphatic carbocycles. The Morgan fingerprint density at radius 1 is 0.545 bits per heavy atom. The van der Waals surface area contributed by atoms with Crippen LogP contribution >= 0.6 is 0 Å². The fourth-order valence-electron chi connectivity index (χ4n) is 4.03. The minimum absolute atomic E-state index is 0.736. The van der Waals surface area contributed by atoms with Crippen molar-refractivity contribution in [1.82, 2.24) is 0 Å². The first kappa shape index (κ1) is 27.0. The van der Waals surface area contributed by atoms with E-state index in [1.54, 1.807) is 0 Å². The Kier molecular flexibility index (Phi) is 8.99. The number of rotatable bonds is 6. The predicted molar refractivity (Wildman–Crippen MR) is 99.8 cm³/mol.